The molecule has 0 N–H and O–H groups in total. The van der Waals surface area contributed by atoms with Crippen molar-refractivity contribution < 1.29 is 28.6 Å². The van der Waals surface area contributed by atoms with E-state index >= 15 is 0 Å². The Morgan fingerprint density at radius 3 is 0.972 bits per heavy atom. The first-order chi connectivity index (χ1) is 35.5. The number of esters is 3. The van der Waals surface area contributed by atoms with E-state index in [2.05, 4.69) is 118 Å². The van der Waals surface area contributed by atoms with Crippen LogP contribution in [0.5, 0.6) is 0 Å². The Kier molecular flexibility index (Phi) is 56.4. The maximum Gasteiger partial charge on any atom is 0.306 e. The van der Waals surface area contributed by atoms with Crippen molar-refractivity contribution in [1.29, 1.82) is 0 Å². The number of hydrogen-bond donors (Lipinski definition) is 0. The van der Waals surface area contributed by atoms with Gasteiger partial charge in [-0.3, -0.25) is 14.4 Å². The number of hydrogen-bond acceptors (Lipinski definition) is 6. The van der Waals surface area contributed by atoms with Gasteiger partial charge in [-0.2, -0.15) is 0 Å². The first kappa shape index (κ1) is 68.1. The topological polar surface area (TPSA) is 78.9 Å². The second-order valence-corrected chi connectivity index (χ2v) is 19.5. The van der Waals surface area contributed by atoms with Gasteiger partial charge in [0.1, 0.15) is 13.2 Å². The van der Waals surface area contributed by atoms with E-state index in [-0.39, 0.29) is 31.6 Å². The van der Waals surface area contributed by atoms with E-state index in [1.807, 2.05) is 12.2 Å². The number of carbonyl (C=O) groups is 3. The van der Waals surface area contributed by atoms with Crippen LogP contribution < -0.4 is 0 Å². The molecule has 0 aromatic carbocycles. The molecule has 0 amide bonds. The summed E-state index contributed by atoms with van der Waals surface area (Å²) in [6, 6.07) is 0. The summed E-state index contributed by atoms with van der Waals surface area (Å²) in [5.74, 6) is -1.01. The molecule has 410 valence electrons. The molecule has 0 radical (unpaired) electrons. The van der Waals surface area contributed by atoms with Gasteiger partial charge in [-0.1, -0.05) is 252 Å². The number of rotatable bonds is 53. The standard InChI is InChI=1S/C66H110O6/c1-4-7-10-13-16-19-22-24-26-28-30-31-32-33-34-35-37-38-40-42-44-47-50-53-56-59-65(68)71-62-63(61-70-64(67)58-55-52-49-46-21-18-15-12-9-6-3)72-66(69)60-57-54-51-48-45-43-41-39-36-29-27-25-23-20-17-14-11-8-5-2/h8,11-12,15,17,20,22,24-25,27-28,30,36,39,43,45,51,54,63H,4-7,9-10,13-14,16,18-19,21,23,26,29,31-35,37-38,40-42,44,46-50,52-53,55-62H2,1-3H3/b11-8-,15-12-,20-17-,24-22-,27-25-,30-28-,39-36-,45-43-,54-51-. The monoisotopic (exact) mass is 999 g/mol. The van der Waals surface area contributed by atoms with Gasteiger partial charge in [0.2, 0.25) is 0 Å². The minimum absolute atomic E-state index is 0.112. The summed E-state index contributed by atoms with van der Waals surface area (Å²) in [4.78, 5) is 38.1. The second-order valence-electron chi connectivity index (χ2n) is 19.5. The molecule has 0 aromatic rings. The summed E-state index contributed by atoms with van der Waals surface area (Å²) in [5.41, 5.74) is 0. The molecule has 0 spiro atoms. The Morgan fingerprint density at radius 2 is 0.597 bits per heavy atom. The van der Waals surface area contributed by atoms with Gasteiger partial charge in [0.15, 0.2) is 6.10 Å². The maximum atomic E-state index is 12.8. The highest BCUT2D eigenvalue weighted by Gasteiger charge is 2.19. The van der Waals surface area contributed by atoms with Crippen molar-refractivity contribution in [1.82, 2.24) is 0 Å². The average Bonchev–Trinajstić information content (AvgIpc) is 3.38. The number of allylic oxidation sites excluding steroid dienone is 18. The molecular formula is C66H110O6. The molecule has 1 atom stereocenters. The Balaban J connectivity index is 4.35. The summed E-state index contributed by atoms with van der Waals surface area (Å²) < 4.78 is 16.8. The molecule has 0 aliphatic rings. The van der Waals surface area contributed by atoms with Crippen molar-refractivity contribution in [3.8, 4) is 0 Å². The Bertz CT molecular complexity index is 1470. The van der Waals surface area contributed by atoms with Crippen molar-refractivity contribution in [3.05, 3.63) is 109 Å². The normalized spacial score (nSPS) is 12.9. The molecule has 0 aliphatic heterocycles. The fraction of sp³-hybridized carbons (Fsp3) is 0.682. The first-order valence-corrected chi connectivity index (χ1v) is 29.9. The van der Waals surface area contributed by atoms with Crippen molar-refractivity contribution in [3.63, 3.8) is 0 Å². The van der Waals surface area contributed by atoms with Crippen LogP contribution in [0.3, 0.4) is 0 Å². The summed E-state index contributed by atoms with van der Waals surface area (Å²) in [7, 11) is 0. The van der Waals surface area contributed by atoms with Crippen LogP contribution in [0, 0.1) is 0 Å². The predicted octanol–water partition coefficient (Wildman–Crippen LogP) is 20.3. The van der Waals surface area contributed by atoms with Gasteiger partial charge >= 0.3 is 17.9 Å². The molecule has 1 unspecified atom stereocenters. The molecule has 0 heterocycles. The van der Waals surface area contributed by atoms with Crippen molar-refractivity contribution in [2.45, 2.75) is 277 Å². The fourth-order valence-corrected chi connectivity index (χ4v) is 8.03. The highest BCUT2D eigenvalue weighted by Crippen LogP contribution is 2.15. The molecule has 0 saturated carbocycles. The zero-order chi connectivity index (χ0) is 52.2. The fourth-order valence-electron chi connectivity index (χ4n) is 8.03. The lowest BCUT2D eigenvalue weighted by atomic mass is 10.0. The molecule has 6 heteroatoms. The zero-order valence-electron chi connectivity index (χ0n) is 46.9. The van der Waals surface area contributed by atoms with E-state index in [1.54, 1.807) is 0 Å². The average molecular weight is 1000 g/mol. The Hall–Kier alpha value is -3.93. The van der Waals surface area contributed by atoms with E-state index in [4.69, 9.17) is 14.2 Å². The van der Waals surface area contributed by atoms with Crippen LogP contribution in [-0.2, 0) is 28.6 Å². The van der Waals surface area contributed by atoms with Crippen LogP contribution in [0.4, 0.5) is 0 Å². The van der Waals surface area contributed by atoms with Crippen LogP contribution in [0.15, 0.2) is 109 Å². The van der Waals surface area contributed by atoms with Crippen LogP contribution in [0.1, 0.15) is 271 Å². The molecule has 72 heavy (non-hydrogen) atoms. The quantitative estimate of drug-likeness (QED) is 0.0261. The molecule has 0 saturated heterocycles. The largest absolute Gasteiger partial charge is 0.462 e. The van der Waals surface area contributed by atoms with Gasteiger partial charge in [0.25, 0.3) is 0 Å². The Labute approximate surface area is 444 Å². The highest BCUT2D eigenvalue weighted by molar-refractivity contribution is 5.71. The predicted molar refractivity (Wildman–Crippen MR) is 311 cm³/mol. The SMILES string of the molecule is CC/C=C\C/C=C\C/C=C\C/C=C\C/C=C\C/C=C\CCC(=O)OC(COC(=O)CCCCCCC/C=C\CCC)COC(=O)CCCCCCCCCCCCCCC/C=C\C/C=C\CCCCCCC. The van der Waals surface area contributed by atoms with Crippen LogP contribution in [-0.4, -0.2) is 37.2 Å². The van der Waals surface area contributed by atoms with Crippen LogP contribution >= 0.6 is 0 Å². The van der Waals surface area contributed by atoms with Gasteiger partial charge in [0.05, 0.1) is 0 Å². The van der Waals surface area contributed by atoms with Crippen molar-refractivity contribution in [2.75, 3.05) is 13.2 Å². The highest BCUT2D eigenvalue weighted by atomic mass is 16.6. The molecule has 0 rings (SSSR count). The van der Waals surface area contributed by atoms with Crippen LogP contribution in [0.2, 0.25) is 0 Å². The maximum absolute atomic E-state index is 12.8. The van der Waals surface area contributed by atoms with Gasteiger partial charge in [-0.25, -0.2) is 0 Å². The Morgan fingerprint density at radius 1 is 0.292 bits per heavy atom. The van der Waals surface area contributed by atoms with Crippen molar-refractivity contribution in [2.24, 2.45) is 0 Å². The lowest BCUT2D eigenvalue weighted by Crippen LogP contribution is -2.30. The summed E-state index contributed by atoms with van der Waals surface area (Å²) in [5, 5.41) is 0. The van der Waals surface area contributed by atoms with Crippen molar-refractivity contribution >= 4 is 17.9 Å². The van der Waals surface area contributed by atoms with Crippen LogP contribution in [0.25, 0.3) is 0 Å². The number of unbranched alkanes of at least 4 members (excludes halogenated alkanes) is 24. The first-order valence-electron chi connectivity index (χ1n) is 29.9. The van der Waals surface area contributed by atoms with Gasteiger partial charge in [0, 0.05) is 19.3 Å². The molecular weight excluding hydrogens is 889 g/mol. The lowest BCUT2D eigenvalue weighted by molar-refractivity contribution is -0.166. The van der Waals surface area contributed by atoms with Gasteiger partial charge in [-0.05, 0) is 109 Å². The van der Waals surface area contributed by atoms with Gasteiger partial charge < -0.3 is 14.2 Å². The summed E-state index contributed by atoms with van der Waals surface area (Å²) in [6.07, 6.45) is 81.1. The van der Waals surface area contributed by atoms with E-state index in [9.17, 15) is 14.4 Å². The smallest absolute Gasteiger partial charge is 0.306 e. The number of carbonyl (C=O) groups excluding carboxylic acids is 3. The molecule has 0 aliphatic carbocycles. The minimum atomic E-state index is -0.823. The summed E-state index contributed by atoms with van der Waals surface area (Å²) in [6.45, 7) is 6.39. The second kappa shape index (κ2) is 59.6. The third-order valence-electron chi connectivity index (χ3n) is 12.5. The molecule has 0 bridgehead atoms. The van der Waals surface area contributed by atoms with E-state index in [1.165, 1.54) is 122 Å². The summed E-state index contributed by atoms with van der Waals surface area (Å²) >= 11 is 0. The third kappa shape index (κ3) is 57.0. The van der Waals surface area contributed by atoms with Gasteiger partial charge in [-0.15, -0.1) is 0 Å². The molecule has 6 nitrogen and oxygen atoms in total. The van der Waals surface area contributed by atoms with E-state index in [0.717, 1.165) is 103 Å². The molecule has 0 fully saturated rings. The third-order valence-corrected chi connectivity index (χ3v) is 12.5. The lowest BCUT2D eigenvalue weighted by Gasteiger charge is -2.18. The van der Waals surface area contributed by atoms with E-state index in [0.29, 0.717) is 19.3 Å². The molecule has 0 aromatic heterocycles. The zero-order valence-corrected chi connectivity index (χ0v) is 46.9. The minimum Gasteiger partial charge on any atom is -0.462 e. The number of ether oxygens (including phenoxy) is 3. The van der Waals surface area contributed by atoms with E-state index < -0.39 is 12.1 Å².